The van der Waals surface area contributed by atoms with Crippen LogP contribution in [0.15, 0.2) is 48.5 Å². The predicted octanol–water partition coefficient (Wildman–Crippen LogP) is 3.22. The van der Waals surface area contributed by atoms with Crippen LogP contribution >= 0.6 is 0 Å². The van der Waals surface area contributed by atoms with E-state index in [1.54, 1.807) is 7.11 Å². The molecule has 0 aliphatic carbocycles. The molecule has 2 aromatic rings. The van der Waals surface area contributed by atoms with Gasteiger partial charge in [-0.2, -0.15) is 0 Å². The lowest BCUT2D eigenvalue weighted by Gasteiger charge is -2.14. The molecule has 2 amide bonds. The lowest BCUT2D eigenvalue weighted by molar-refractivity contribution is 0.146. The van der Waals surface area contributed by atoms with E-state index in [2.05, 4.69) is 10.6 Å². The summed E-state index contributed by atoms with van der Waals surface area (Å²) in [6, 6.07) is 14.8. The number of benzene rings is 2. The Morgan fingerprint density at radius 1 is 1.00 bits per heavy atom. The van der Waals surface area contributed by atoms with E-state index < -0.39 is 0 Å². The monoisotopic (exact) mass is 344 g/mol. The minimum atomic E-state index is -0.308. The van der Waals surface area contributed by atoms with Gasteiger partial charge in [0.25, 0.3) is 0 Å². The normalized spacial score (nSPS) is 10.2. The van der Waals surface area contributed by atoms with Gasteiger partial charge in [0, 0.05) is 7.11 Å². The van der Waals surface area contributed by atoms with E-state index in [0.29, 0.717) is 37.8 Å². The van der Waals surface area contributed by atoms with Gasteiger partial charge in [-0.05, 0) is 36.8 Å². The number of carbonyl (C=O) groups excluding carboxylic acids is 1. The summed E-state index contributed by atoms with van der Waals surface area (Å²) in [6.45, 7) is 3.65. The van der Waals surface area contributed by atoms with E-state index >= 15 is 0 Å². The summed E-state index contributed by atoms with van der Waals surface area (Å²) in [6.07, 6.45) is 0. The van der Waals surface area contributed by atoms with Crippen molar-refractivity contribution in [1.82, 2.24) is 5.32 Å². The molecule has 0 aliphatic rings. The van der Waals surface area contributed by atoms with Crippen molar-refractivity contribution in [2.75, 3.05) is 38.8 Å². The Bertz CT molecular complexity index is 662. The summed E-state index contributed by atoms with van der Waals surface area (Å²) in [7, 11) is 1.61. The number of hydrogen-bond donors (Lipinski definition) is 2. The van der Waals surface area contributed by atoms with Crippen LogP contribution in [0.25, 0.3) is 0 Å². The second kappa shape index (κ2) is 10.2. The zero-order valence-corrected chi connectivity index (χ0v) is 14.6. The largest absolute Gasteiger partial charge is 0.492 e. The highest BCUT2D eigenvalue weighted by Gasteiger charge is 2.08. The topological polar surface area (TPSA) is 68.8 Å². The van der Waals surface area contributed by atoms with Gasteiger partial charge in [-0.15, -0.1) is 0 Å². The minimum absolute atomic E-state index is 0.308. The van der Waals surface area contributed by atoms with Gasteiger partial charge in [0.05, 0.1) is 18.8 Å². The van der Waals surface area contributed by atoms with Gasteiger partial charge < -0.3 is 24.8 Å². The molecule has 134 valence electrons. The molecule has 0 unspecified atom stereocenters. The number of ether oxygens (including phenoxy) is 3. The Balaban J connectivity index is 1.79. The van der Waals surface area contributed by atoms with Crippen LogP contribution in [0, 0.1) is 6.92 Å². The molecular weight excluding hydrogens is 320 g/mol. The number of methoxy groups -OCH3 is 1. The highest BCUT2D eigenvalue weighted by molar-refractivity contribution is 5.90. The maximum atomic E-state index is 12.0. The zero-order chi connectivity index (χ0) is 17.9. The van der Waals surface area contributed by atoms with Crippen molar-refractivity contribution < 1.29 is 19.0 Å². The van der Waals surface area contributed by atoms with Crippen LogP contribution in [0.4, 0.5) is 10.5 Å². The summed E-state index contributed by atoms with van der Waals surface area (Å²) >= 11 is 0. The average molecular weight is 344 g/mol. The molecule has 0 spiro atoms. The fourth-order valence-corrected chi connectivity index (χ4v) is 2.10. The number of aryl methyl sites for hydroxylation is 1. The minimum Gasteiger partial charge on any atom is -0.492 e. The zero-order valence-electron chi connectivity index (χ0n) is 14.6. The van der Waals surface area contributed by atoms with Gasteiger partial charge >= 0.3 is 6.03 Å². The van der Waals surface area contributed by atoms with Crippen molar-refractivity contribution in [3.8, 4) is 11.5 Å². The van der Waals surface area contributed by atoms with Crippen molar-refractivity contribution >= 4 is 11.7 Å². The van der Waals surface area contributed by atoms with Gasteiger partial charge in [0.1, 0.15) is 24.7 Å². The summed E-state index contributed by atoms with van der Waals surface area (Å²) in [5, 5.41) is 5.55. The number of hydrogen-bond acceptors (Lipinski definition) is 4. The number of amides is 2. The molecule has 0 aliphatic heterocycles. The maximum absolute atomic E-state index is 12.0. The fourth-order valence-electron chi connectivity index (χ4n) is 2.10. The molecule has 6 nitrogen and oxygen atoms in total. The SMILES string of the molecule is COCCOc1cc(C)ccc1NC(=O)NCCOc1ccccc1. The van der Waals surface area contributed by atoms with Gasteiger partial charge in [0.2, 0.25) is 0 Å². The molecule has 0 aromatic heterocycles. The van der Waals surface area contributed by atoms with Crippen molar-refractivity contribution in [3.63, 3.8) is 0 Å². The van der Waals surface area contributed by atoms with Crippen molar-refractivity contribution in [3.05, 3.63) is 54.1 Å². The Kier molecular flexibility index (Phi) is 7.59. The van der Waals surface area contributed by atoms with Crippen LogP contribution < -0.4 is 20.1 Å². The molecule has 0 fully saturated rings. The summed E-state index contributed by atoms with van der Waals surface area (Å²) < 4.78 is 16.2. The Labute approximate surface area is 148 Å². The molecule has 6 heteroatoms. The number of anilines is 1. The summed E-state index contributed by atoms with van der Waals surface area (Å²) in [5.41, 5.74) is 1.66. The van der Waals surface area contributed by atoms with E-state index in [-0.39, 0.29) is 6.03 Å². The third-order valence-electron chi connectivity index (χ3n) is 3.33. The lowest BCUT2D eigenvalue weighted by atomic mass is 10.2. The molecule has 25 heavy (non-hydrogen) atoms. The molecular formula is C19H24N2O4. The second-order valence-electron chi connectivity index (χ2n) is 5.38. The number of carbonyl (C=O) groups is 1. The molecule has 2 rings (SSSR count). The Morgan fingerprint density at radius 2 is 1.80 bits per heavy atom. The van der Waals surface area contributed by atoms with Crippen molar-refractivity contribution in [2.45, 2.75) is 6.92 Å². The fraction of sp³-hybridized carbons (Fsp3) is 0.316. The number of para-hydroxylation sites is 1. The number of urea groups is 1. The van der Waals surface area contributed by atoms with Crippen LogP contribution in [0.3, 0.4) is 0 Å². The van der Waals surface area contributed by atoms with Gasteiger partial charge in [-0.3, -0.25) is 0 Å². The second-order valence-corrected chi connectivity index (χ2v) is 5.38. The summed E-state index contributed by atoms with van der Waals surface area (Å²) in [5.74, 6) is 1.39. The third-order valence-corrected chi connectivity index (χ3v) is 3.33. The van der Waals surface area contributed by atoms with Crippen LogP contribution in [0.1, 0.15) is 5.56 Å². The maximum Gasteiger partial charge on any atom is 0.319 e. The van der Waals surface area contributed by atoms with Gasteiger partial charge in [-0.1, -0.05) is 24.3 Å². The van der Waals surface area contributed by atoms with Crippen LogP contribution in [-0.4, -0.2) is 39.5 Å². The standard InChI is InChI=1S/C19H24N2O4/c1-15-8-9-17(18(14-15)25-13-12-23-2)21-19(22)20-10-11-24-16-6-4-3-5-7-16/h3-9,14H,10-13H2,1-2H3,(H2,20,21,22). The first kappa shape index (κ1) is 18.6. The van der Waals surface area contributed by atoms with E-state index in [4.69, 9.17) is 14.2 Å². The van der Waals surface area contributed by atoms with E-state index in [1.165, 1.54) is 0 Å². The molecule has 0 radical (unpaired) electrons. The van der Waals surface area contributed by atoms with Gasteiger partial charge in [0.15, 0.2) is 0 Å². The molecule has 0 saturated heterocycles. The molecule has 0 atom stereocenters. The first-order chi connectivity index (χ1) is 12.2. The third kappa shape index (κ3) is 6.73. The Morgan fingerprint density at radius 3 is 2.56 bits per heavy atom. The molecule has 2 N–H and O–H groups in total. The van der Waals surface area contributed by atoms with Crippen molar-refractivity contribution in [1.29, 1.82) is 0 Å². The van der Waals surface area contributed by atoms with E-state index in [1.807, 2.05) is 55.5 Å². The molecule has 0 heterocycles. The molecule has 2 aromatic carbocycles. The molecule has 0 bridgehead atoms. The van der Waals surface area contributed by atoms with Crippen LogP contribution in [0.2, 0.25) is 0 Å². The quantitative estimate of drug-likeness (QED) is 0.685. The van der Waals surface area contributed by atoms with Crippen molar-refractivity contribution in [2.24, 2.45) is 0 Å². The first-order valence-electron chi connectivity index (χ1n) is 8.14. The number of rotatable bonds is 9. The lowest BCUT2D eigenvalue weighted by Crippen LogP contribution is -2.32. The highest BCUT2D eigenvalue weighted by atomic mass is 16.5. The van der Waals surface area contributed by atoms with Gasteiger partial charge in [-0.25, -0.2) is 4.79 Å². The molecule has 0 saturated carbocycles. The number of nitrogens with one attached hydrogen (secondary N) is 2. The average Bonchev–Trinajstić information content (AvgIpc) is 2.62. The smallest absolute Gasteiger partial charge is 0.319 e. The highest BCUT2D eigenvalue weighted by Crippen LogP contribution is 2.25. The van der Waals surface area contributed by atoms with E-state index in [0.717, 1.165) is 11.3 Å². The Hall–Kier alpha value is -2.73. The van der Waals surface area contributed by atoms with Crippen LogP contribution in [-0.2, 0) is 4.74 Å². The predicted molar refractivity (Wildman–Crippen MR) is 97.5 cm³/mol. The first-order valence-corrected chi connectivity index (χ1v) is 8.14. The van der Waals surface area contributed by atoms with E-state index in [9.17, 15) is 4.79 Å². The van der Waals surface area contributed by atoms with Crippen LogP contribution in [0.5, 0.6) is 11.5 Å². The summed E-state index contributed by atoms with van der Waals surface area (Å²) in [4.78, 5) is 12.0.